The van der Waals surface area contributed by atoms with Crippen molar-refractivity contribution >= 4 is 82.8 Å². The van der Waals surface area contributed by atoms with Crippen molar-refractivity contribution in [1.29, 1.82) is 0 Å². The molecule has 0 spiro atoms. The van der Waals surface area contributed by atoms with Crippen LogP contribution >= 0.6 is 0 Å². The van der Waals surface area contributed by atoms with Gasteiger partial charge in [-0.3, -0.25) is 67.6 Å². The van der Waals surface area contributed by atoms with Crippen molar-refractivity contribution in [3.05, 3.63) is 46.5 Å². The predicted molar refractivity (Wildman–Crippen MR) is 374 cm³/mol. The Hall–Kier alpha value is -8.77. The number of nitrogens with one attached hydrogen (secondary N) is 5. The van der Waals surface area contributed by atoms with Gasteiger partial charge in [-0.15, -0.1) is 0 Å². The van der Waals surface area contributed by atoms with E-state index in [1.807, 2.05) is 27.7 Å². The Morgan fingerprint density at radius 3 is 1.42 bits per heavy atom. The van der Waals surface area contributed by atoms with Crippen LogP contribution in [0.25, 0.3) is 0 Å². The molecule has 1 aliphatic rings. The van der Waals surface area contributed by atoms with Crippen LogP contribution in [0.4, 0.5) is 10.5 Å². The van der Waals surface area contributed by atoms with E-state index in [2.05, 4.69) is 26.6 Å². The van der Waals surface area contributed by atoms with Gasteiger partial charge in [-0.25, -0.2) is 4.79 Å². The van der Waals surface area contributed by atoms with Gasteiger partial charge in [0.25, 0.3) is 5.69 Å². The summed E-state index contributed by atoms with van der Waals surface area (Å²) in [7, 11) is 7.54. The average molecular weight is 1430 g/mol. The molecule has 1 heterocycles. The molecule has 0 radical (unpaired) electrons. The average Bonchev–Trinajstić information content (AvgIpc) is 0.799. The zero-order valence-corrected chi connectivity index (χ0v) is 63.5. The Morgan fingerprint density at radius 1 is 0.515 bits per heavy atom. The predicted octanol–water partition coefficient (Wildman–Crippen LogP) is 3.71. The zero-order valence-electron chi connectivity index (χ0n) is 63.5. The molecule has 11 amide bonds. The highest BCUT2D eigenvalue weighted by Gasteiger charge is 2.47. The number of likely N-dealkylation sites (N-methyl/N-ethyl adjacent to an activating group) is 6. The molecular weight excluding hydrogens is 1310 g/mol. The van der Waals surface area contributed by atoms with Crippen molar-refractivity contribution in [3.63, 3.8) is 0 Å². The normalized spacial score (nSPS) is 25.5. The van der Waals surface area contributed by atoms with E-state index in [9.17, 15) is 44.0 Å². The number of amides is 11. The molecule has 6 N–H and O–H groups in total. The van der Waals surface area contributed by atoms with Gasteiger partial charge >= 0.3 is 12.1 Å². The number of benzene rings is 1. The van der Waals surface area contributed by atoms with Gasteiger partial charge in [-0.2, -0.15) is 0 Å². The number of rotatable bonds is 19. The topological polar surface area (TPSA) is 393 Å². The third kappa shape index (κ3) is 25.4. The summed E-state index contributed by atoms with van der Waals surface area (Å²) in [5.41, 5.74) is -0.336. The molecule has 568 valence electrons. The number of hydrogen-bond acceptors (Lipinski definition) is 19. The number of non-ortho nitro benzene ring substituents is 1. The first-order valence-corrected chi connectivity index (χ1v) is 34.5. The standard InChI is InChI=1S/C70H114N12O19/c1-25-26-27-41(12)58(84)57-63(89)75-54(45(16)99-47(18)83)68(94)76(19)44(15)65(91)80(23)56(46(17)100-70(96)101-49-30-28-48(29-31-49)82(97)98)62(88)74-50(32-36(2)3)66(92)78(21)52(34-38(6)7)60(86)71-42(13)59(85)72-43(14)64(90)77(20)53(35-39(8)9)61(87)73-51(33-37(4)5)67(93)79(22)55(40(10)11)69(95)81(57)24/h25-26,28-31,36-46,50-58,84H,27,32-35H2,1-24H3,(H,71,86)(H,72,85)(H,73,87)(H,74,88)(H,75,89)/t41-,42+,43-,44-,45?,46?,50+,51+,52+,53+,54+,55+,56+,57+,58-/m1/s1. The second-order valence-electron chi connectivity index (χ2n) is 28.6. The quantitative estimate of drug-likeness (QED) is 0.0378. The largest absolute Gasteiger partial charge is 0.514 e. The summed E-state index contributed by atoms with van der Waals surface area (Å²) < 4.78 is 16.4. The number of aliphatic hydroxyl groups excluding tert-OH is 1. The zero-order chi connectivity index (χ0) is 77.7. The van der Waals surface area contributed by atoms with E-state index in [0.29, 0.717) is 0 Å². The summed E-state index contributed by atoms with van der Waals surface area (Å²) in [6.45, 7) is 28.4. The fourth-order valence-electron chi connectivity index (χ4n) is 11.9. The number of ether oxygens (including phenoxy) is 3. The molecule has 0 bridgehead atoms. The summed E-state index contributed by atoms with van der Waals surface area (Å²) in [5, 5.41) is 37.1. The lowest BCUT2D eigenvalue weighted by Gasteiger charge is -2.40. The first-order chi connectivity index (χ1) is 46.7. The van der Waals surface area contributed by atoms with Crippen molar-refractivity contribution in [2.75, 3.05) is 42.3 Å². The highest BCUT2D eigenvalue weighted by atomic mass is 16.7. The molecule has 0 saturated carbocycles. The van der Waals surface area contributed by atoms with E-state index in [1.165, 1.54) is 62.8 Å². The van der Waals surface area contributed by atoms with Crippen LogP contribution in [-0.2, 0) is 67.0 Å². The Kier molecular flexibility index (Phi) is 35.0. The maximum absolute atomic E-state index is 15.3. The van der Waals surface area contributed by atoms with Crippen LogP contribution in [-0.4, -0.2) is 244 Å². The molecule has 1 aliphatic heterocycles. The molecule has 101 heavy (non-hydrogen) atoms. The summed E-state index contributed by atoms with van der Waals surface area (Å²) in [6.07, 6.45) is -2.76. The van der Waals surface area contributed by atoms with Gasteiger partial charge in [0.15, 0.2) is 0 Å². The van der Waals surface area contributed by atoms with Gasteiger partial charge in [0, 0.05) is 61.3 Å². The number of nitrogens with zero attached hydrogens (tertiary/aromatic N) is 7. The first kappa shape index (κ1) is 88.3. The van der Waals surface area contributed by atoms with Gasteiger partial charge in [-0.1, -0.05) is 88.3 Å². The van der Waals surface area contributed by atoms with Crippen molar-refractivity contribution in [2.24, 2.45) is 35.5 Å². The lowest BCUT2D eigenvalue weighted by molar-refractivity contribution is -0.384. The molecule has 2 rings (SSSR count). The van der Waals surface area contributed by atoms with Gasteiger partial charge < -0.3 is 75.3 Å². The molecule has 0 aliphatic carbocycles. The minimum atomic E-state index is -1.91. The minimum Gasteiger partial charge on any atom is -0.460 e. The van der Waals surface area contributed by atoms with Crippen LogP contribution in [0.5, 0.6) is 5.75 Å². The summed E-state index contributed by atoms with van der Waals surface area (Å²) in [5.74, 6) is -13.6. The van der Waals surface area contributed by atoms with E-state index < -0.39 is 179 Å². The van der Waals surface area contributed by atoms with Crippen molar-refractivity contribution in [3.8, 4) is 5.75 Å². The molecule has 1 saturated heterocycles. The van der Waals surface area contributed by atoms with Crippen LogP contribution < -0.4 is 31.3 Å². The van der Waals surface area contributed by atoms with Crippen LogP contribution in [0.15, 0.2) is 36.4 Å². The smallest absolute Gasteiger partial charge is 0.460 e. The monoisotopic (exact) mass is 1430 g/mol. The highest BCUT2D eigenvalue weighted by Crippen LogP contribution is 2.26. The molecular formula is C70H114N12O19. The van der Waals surface area contributed by atoms with Gasteiger partial charge in [-0.05, 0) is 121 Å². The second kappa shape index (κ2) is 40.0. The molecule has 1 aromatic carbocycles. The van der Waals surface area contributed by atoms with Crippen LogP contribution in [0.1, 0.15) is 157 Å². The van der Waals surface area contributed by atoms with E-state index in [1.54, 1.807) is 67.5 Å². The first-order valence-electron chi connectivity index (χ1n) is 34.5. The fraction of sp³-hybridized carbons (Fsp3) is 0.700. The number of esters is 1. The number of hydrogen-bond donors (Lipinski definition) is 6. The minimum absolute atomic E-state index is 0.0195. The lowest BCUT2D eigenvalue weighted by Crippen LogP contribution is -2.65. The summed E-state index contributed by atoms with van der Waals surface area (Å²) in [4.78, 5) is 207. The van der Waals surface area contributed by atoms with Crippen molar-refractivity contribution in [2.45, 2.75) is 242 Å². The van der Waals surface area contributed by atoms with Crippen molar-refractivity contribution < 1.29 is 86.6 Å². The molecule has 1 aromatic rings. The molecule has 1 fully saturated rings. The molecule has 31 nitrogen and oxygen atoms in total. The Balaban J connectivity index is 3.18. The highest BCUT2D eigenvalue weighted by molar-refractivity contribution is 6.00. The maximum Gasteiger partial charge on any atom is 0.514 e. The molecule has 0 aromatic heterocycles. The summed E-state index contributed by atoms with van der Waals surface area (Å²) >= 11 is 0. The molecule has 15 atom stereocenters. The SMILES string of the molecule is CC=CC[C@@H](C)[C@@H](O)[C@H]1C(=O)N[C@@H](C(C)OC(C)=O)C(=O)N(C)[C@H](C)C(=O)N(C)[C@@H](C(C)OC(=O)Oc2ccc([N+](=O)[O-])cc2)C(=O)N[C@@H](CC(C)C)C(=O)N(C)[C@@H](CC(C)C)C(=O)N[C@@H](C)C(=O)N[C@H](C)C(=O)N(C)[C@@H](CC(C)C)C(=O)N[C@@H](CC(C)C)C(=O)N(C)[C@@H](C(C)C)C(=O)N1C. The Morgan fingerprint density at radius 2 is 0.950 bits per heavy atom. The van der Waals surface area contributed by atoms with Gasteiger partial charge in [0.1, 0.15) is 84.4 Å². The van der Waals surface area contributed by atoms with Gasteiger partial charge in [0.2, 0.25) is 65.0 Å². The third-order valence-electron chi connectivity index (χ3n) is 17.8. The second-order valence-corrected chi connectivity index (χ2v) is 28.6. The number of nitro groups is 1. The van der Waals surface area contributed by atoms with Crippen LogP contribution in [0.2, 0.25) is 0 Å². The Labute approximate surface area is 594 Å². The van der Waals surface area contributed by atoms with E-state index in [0.717, 1.165) is 74.7 Å². The van der Waals surface area contributed by atoms with Crippen molar-refractivity contribution in [1.82, 2.24) is 56.0 Å². The molecule has 31 heteroatoms. The van der Waals surface area contributed by atoms with E-state index >= 15 is 33.6 Å². The third-order valence-corrected chi connectivity index (χ3v) is 17.8. The number of carbonyl (C=O) groups is 13. The van der Waals surface area contributed by atoms with Gasteiger partial charge in [0.05, 0.1) is 11.0 Å². The number of carbonyl (C=O) groups excluding carboxylic acids is 13. The van der Waals surface area contributed by atoms with Crippen LogP contribution in [0, 0.1) is 45.6 Å². The number of nitro benzene ring substituents is 1. The number of aliphatic hydroxyl groups is 1. The lowest BCUT2D eigenvalue weighted by atomic mass is 9.91. The number of allylic oxidation sites excluding steroid dienone is 2. The fourth-order valence-corrected chi connectivity index (χ4v) is 11.9. The molecule has 2 unspecified atom stereocenters. The van der Waals surface area contributed by atoms with E-state index in [-0.39, 0.29) is 67.2 Å². The maximum atomic E-state index is 15.3. The van der Waals surface area contributed by atoms with E-state index in [4.69, 9.17) is 14.2 Å². The Bertz CT molecular complexity index is 3110. The summed E-state index contributed by atoms with van der Waals surface area (Å²) in [6, 6.07) is -12.4. The van der Waals surface area contributed by atoms with Crippen LogP contribution in [0.3, 0.4) is 0 Å².